The fourth-order valence-electron chi connectivity index (χ4n) is 5.40. The Kier molecular flexibility index (Phi) is 10.8. The van der Waals surface area contributed by atoms with Gasteiger partial charge >= 0.3 is 6.11 Å². The minimum atomic E-state index is -4.21. The summed E-state index contributed by atoms with van der Waals surface area (Å²) in [7, 11) is 0. The largest absolute Gasteiger partial charge is 0.429 e. The molecule has 3 nitrogen and oxygen atoms in total. The molecule has 0 aliphatic carbocycles. The van der Waals surface area contributed by atoms with Crippen LogP contribution in [0.15, 0.2) is 72.8 Å². The number of hydrogen-bond donors (Lipinski definition) is 0. The fraction of sp³-hybridized carbons (Fsp3) is 0.278. The van der Waals surface area contributed by atoms with E-state index in [4.69, 9.17) is 9.47 Å². The van der Waals surface area contributed by atoms with Crippen molar-refractivity contribution in [3.8, 4) is 28.0 Å². The van der Waals surface area contributed by atoms with Crippen molar-refractivity contribution < 1.29 is 53.7 Å². The van der Waals surface area contributed by atoms with Gasteiger partial charge in [-0.05, 0) is 60.0 Å². The monoisotopic (exact) mass is 680 g/mol. The van der Waals surface area contributed by atoms with Crippen LogP contribution in [0.2, 0.25) is 0 Å². The van der Waals surface area contributed by atoms with E-state index in [0.29, 0.717) is 31.4 Å². The number of halogens is 9. The van der Waals surface area contributed by atoms with Crippen LogP contribution in [0.1, 0.15) is 55.6 Å². The molecule has 0 unspecified atom stereocenters. The van der Waals surface area contributed by atoms with E-state index in [1.165, 1.54) is 12.1 Å². The lowest BCUT2D eigenvalue weighted by atomic mass is 9.98. The molecule has 0 radical (unpaired) electrons. The predicted molar refractivity (Wildman–Crippen MR) is 161 cm³/mol. The van der Waals surface area contributed by atoms with Gasteiger partial charge in [-0.25, -0.2) is 22.0 Å². The molecule has 0 aromatic heterocycles. The third-order valence-electron chi connectivity index (χ3n) is 7.87. The summed E-state index contributed by atoms with van der Waals surface area (Å²) >= 11 is 0. The first-order chi connectivity index (χ1) is 22.9. The third-order valence-corrected chi connectivity index (χ3v) is 7.87. The van der Waals surface area contributed by atoms with Gasteiger partial charge in [-0.2, -0.15) is 17.6 Å². The quantitative estimate of drug-likeness (QED) is 0.117. The molecule has 5 rings (SSSR count). The van der Waals surface area contributed by atoms with E-state index in [9.17, 15) is 22.0 Å². The van der Waals surface area contributed by atoms with Gasteiger partial charge in [-0.1, -0.05) is 44.4 Å². The number of ether oxygens (including phenoxy) is 3. The van der Waals surface area contributed by atoms with Crippen LogP contribution in [0.3, 0.4) is 0 Å². The predicted octanol–water partition coefficient (Wildman–Crippen LogP) is 11.3. The van der Waals surface area contributed by atoms with Crippen LogP contribution in [-0.2, 0) is 15.6 Å². The normalized spacial score (nSPS) is 16.5. The van der Waals surface area contributed by atoms with Crippen LogP contribution in [-0.4, -0.2) is 13.2 Å². The summed E-state index contributed by atoms with van der Waals surface area (Å²) in [6.07, 6.45) is -3.33. The zero-order valence-electron chi connectivity index (χ0n) is 25.5. The van der Waals surface area contributed by atoms with Gasteiger partial charge in [0.2, 0.25) is 0 Å². The second-order valence-corrected chi connectivity index (χ2v) is 11.3. The van der Waals surface area contributed by atoms with Crippen LogP contribution in [0.4, 0.5) is 39.5 Å². The summed E-state index contributed by atoms with van der Waals surface area (Å²) in [5.74, 6) is -6.58. The summed E-state index contributed by atoms with van der Waals surface area (Å²) < 4.78 is 145. The molecule has 254 valence electrons. The highest BCUT2D eigenvalue weighted by atomic mass is 19.3. The maximum Gasteiger partial charge on any atom is 0.429 e. The number of hydrogen-bond acceptors (Lipinski definition) is 3. The molecule has 0 atom stereocenters. The van der Waals surface area contributed by atoms with Crippen molar-refractivity contribution in [2.75, 3.05) is 13.2 Å². The Morgan fingerprint density at radius 1 is 0.750 bits per heavy atom. The van der Waals surface area contributed by atoms with Crippen LogP contribution in [0.5, 0.6) is 5.75 Å². The van der Waals surface area contributed by atoms with Crippen molar-refractivity contribution in [2.24, 2.45) is 5.92 Å². The Morgan fingerprint density at radius 3 is 1.98 bits per heavy atom. The van der Waals surface area contributed by atoms with Crippen molar-refractivity contribution in [1.82, 2.24) is 0 Å². The van der Waals surface area contributed by atoms with Crippen LogP contribution in [0.25, 0.3) is 28.3 Å². The summed E-state index contributed by atoms with van der Waals surface area (Å²) in [4.78, 5) is 0. The zero-order chi connectivity index (χ0) is 34.6. The van der Waals surface area contributed by atoms with Crippen molar-refractivity contribution in [1.29, 1.82) is 0 Å². The summed E-state index contributed by atoms with van der Waals surface area (Å²) in [6.45, 7) is 2.89. The Labute approximate surface area is 270 Å². The molecule has 4 aromatic carbocycles. The second-order valence-electron chi connectivity index (χ2n) is 11.3. The Hall–Kier alpha value is -4.29. The number of unbranched alkanes of at least 4 members (excludes halogenated alkanes) is 2. The lowest BCUT2D eigenvalue weighted by Gasteiger charge is -2.30. The molecule has 0 spiro atoms. The summed E-state index contributed by atoms with van der Waals surface area (Å²) in [5, 5.41) is 0. The standard InChI is InChI=1S/C36H29F9O3/c1-2-3-4-5-20-18-46-35(47-19-20)22-7-11-28(33(41)13-22)36(44,45)48-24-8-10-25(32(40)16-24)21-6-9-26(29(37)12-21)23-14-30(38)27(17-34(42)43)31(39)15-23/h6-17,20,35H,2-5,18-19H2,1H3. The van der Waals surface area contributed by atoms with Crippen molar-refractivity contribution in [2.45, 2.75) is 45.0 Å². The van der Waals surface area contributed by atoms with Gasteiger partial charge in [0.1, 0.15) is 34.8 Å². The summed E-state index contributed by atoms with van der Waals surface area (Å²) in [6, 6.07) is 10.0. The van der Waals surface area contributed by atoms with Crippen molar-refractivity contribution in [3.63, 3.8) is 0 Å². The summed E-state index contributed by atoms with van der Waals surface area (Å²) in [5.41, 5.74) is -2.80. The average Bonchev–Trinajstić information content (AvgIpc) is 3.03. The molecule has 4 aromatic rings. The van der Waals surface area contributed by atoms with Crippen molar-refractivity contribution in [3.05, 3.63) is 119 Å². The van der Waals surface area contributed by atoms with Gasteiger partial charge in [0.25, 0.3) is 6.08 Å². The molecular weight excluding hydrogens is 651 g/mol. The maximum absolute atomic E-state index is 15.1. The van der Waals surface area contributed by atoms with Gasteiger partial charge in [0.05, 0.1) is 24.3 Å². The van der Waals surface area contributed by atoms with Gasteiger partial charge < -0.3 is 14.2 Å². The van der Waals surface area contributed by atoms with Gasteiger partial charge in [-0.15, -0.1) is 0 Å². The minimum absolute atomic E-state index is 0.00149. The molecule has 1 saturated heterocycles. The lowest BCUT2D eigenvalue weighted by Crippen LogP contribution is -2.27. The molecule has 0 bridgehead atoms. The van der Waals surface area contributed by atoms with E-state index in [2.05, 4.69) is 11.7 Å². The van der Waals surface area contributed by atoms with E-state index in [1.807, 2.05) is 0 Å². The average molecular weight is 681 g/mol. The van der Waals surface area contributed by atoms with Crippen molar-refractivity contribution >= 4 is 6.08 Å². The molecule has 0 N–H and O–H groups in total. The Morgan fingerprint density at radius 2 is 1.38 bits per heavy atom. The third kappa shape index (κ3) is 8.04. The first-order valence-electron chi connectivity index (χ1n) is 15.1. The van der Waals surface area contributed by atoms with Crippen LogP contribution >= 0.6 is 0 Å². The topological polar surface area (TPSA) is 27.7 Å². The number of benzene rings is 4. The van der Waals surface area contributed by atoms with Gasteiger partial charge in [0.15, 0.2) is 6.29 Å². The minimum Gasteiger partial charge on any atom is -0.429 e. The molecule has 0 amide bonds. The maximum atomic E-state index is 15.1. The molecule has 1 aliphatic rings. The highest BCUT2D eigenvalue weighted by molar-refractivity contribution is 5.73. The molecule has 1 aliphatic heterocycles. The zero-order valence-corrected chi connectivity index (χ0v) is 25.5. The first kappa shape index (κ1) is 35.0. The molecule has 0 saturated carbocycles. The number of rotatable bonds is 11. The highest BCUT2D eigenvalue weighted by Gasteiger charge is 2.38. The molecule has 1 heterocycles. The first-order valence-corrected chi connectivity index (χ1v) is 15.1. The van der Waals surface area contributed by atoms with E-state index >= 15 is 17.6 Å². The van der Waals surface area contributed by atoms with E-state index < -0.39 is 64.4 Å². The Bertz CT molecular complexity index is 1770. The van der Waals surface area contributed by atoms with Gasteiger partial charge in [-0.3, -0.25) is 0 Å². The van der Waals surface area contributed by atoms with Gasteiger partial charge in [0, 0.05) is 34.8 Å². The second kappa shape index (κ2) is 14.9. The molecular formula is C36H29F9O3. The number of alkyl halides is 2. The molecule has 1 fully saturated rings. The SMILES string of the molecule is CCCCCC1COC(c2ccc(C(F)(F)Oc3ccc(-c4ccc(-c5cc(F)c(C=C(F)F)c(F)c5)c(F)c4)c(F)c3)c(F)c2)OC1. The smallest absolute Gasteiger partial charge is 0.429 e. The fourth-order valence-corrected chi connectivity index (χ4v) is 5.40. The van der Waals surface area contributed by atoms with Crippen LogP contribution < -0.4 is 4.74 Å². The van der Waals surface area contributed by atoms with E-state index in [0.717, 1.165) is 62.1 Å². The highest BCUT2D eigenvalue weighted by Crippen LogP contribution is 2.38. The Balaban J connectivity index is 1.28. The lowest BCUT2D eigenvalue weighted by molar-refractivity contribution is -0.206. The molecule has 48 heavy (non-hydrogen) atoms. The van der Waals surface area contributed by atoms with Crippen LogP contribution in [0, 0.1) is 35.0 Å². The van der Waals surface area contributed by atoms with E-state index in [-0.39, 0.29) is 39.8 Å². The molecule has 12 heteroatoms. The van der Waals surface area contributed by atoms with E-state index in [1.54, 1.807) is 0 Å².